The molecule has 1 N–H and O–H groups in total. The van der Waals surface area contributed by atoms with E-state index in [-0.39, 0.29) is 54.9 Å². The van der Waals surface area contributed by atoms with E-state index in [0.717, 1.165) is 5.56 Å². The number of carbonyl (C=O) groups excluding carboxylic acids is 4. The number of nitrogens with zero attached hydrogens (tertiary/aromatic N) is 3. The Bertz CT molecular complexity index is 1180. The SMILES string of the molecule is CC[C@H](C)[C@H]1C(=O)N(CCc2cccc(F)c2)C[C@@H]2N(C(=O)Nc3ccc(C(C)=O)cc3)CCC(=O)N12. The molecule has 37 heavy (non-hydrogen) atoms. The van der Waals surface area contributed by atoms with Crippen molar-refractivity contribution in [1.29, 1.82) is 0 Å². The molecule has 8 nitrogen and oxygen atoms in total. The maximum Gasteiger partial charge on any atom is 0.323 e. The number of anilines is 1. The van der Waals surface area contributed by atoms with E-state index in [1.54, 1.807) is 45.0 Å². The molecule has 2 aromatic rings. The van der Waals surface area contributed by atoms with E-state index in [0.29, 0.717) is 30.6 Å². The van der Waals surface area contributed by atoms with E-state index < -0.39 is 12.2 Å². The lowest BCUT2D eigenvalue weighted by atomic mass is 9.91. The number of Topliss-reactive ketones (excluding diaryl/α,β-unsaturated/α-hetero) is 1. The number of amides is 4. The highest BCUT2D eigenvalue weighted by Gasteiger charge is 2.50. The van der Waals surface area contributed by atoms with Crippen LogP contribution >= 0.6 is 0 Å². The van der Waals surface area contributed by atoms with Crippen LogP contribution in [0.5, 0.6) is 0 Å². The molecule has 9 heteroatoms. The summed E-state index contributed by atoms with van der Waals surface area (Å²) in [5, 5.41) is 2.87. The Kier molecular flexibility index (Phi) is 7.90. The number of urea groups is 1. The third-order valence-corrected chi connectivity index (χ3v) is 7.33. The Morgan fingerprint density at radius 2 is 1.86 bits per heavy atom. The first-order valence-corrected chi connectivity index (χ1v) is 12.7. The number of halogens is 1. The fraction of sp³-hybridized carbons (Fsp3) is 0.429. The monoisotopic (exact) mass is 508 g/mol. The number of nitrogens with one attached hydrogen (secondary N) is 1. The highest BCUT2D eigenvalue weighted by Crippen LogP contribution is 2.31. The van der Waals surface area contributed by atoms with Gasteiger partial charge in [0.15, 0.2) is 5.78 Å². The van der Waals surface area contributed by atoms with Crippen LogP contribution in [0.2, 0.25) is 0 Å². The number of hydrogen-bond acceptors (Lipinski definition) is 4. The first-order valence-electron chi connectivity index (χ1n) is 12.7. The van der Waals surface area contributed by atoms with E-state index in [4.69, 9.17) is 0 Å². The van der Waals surface area contributed by atoms with Crippen molar-refractivity contribution >= 4 is 29.3 Å². The second kappa shape index (κ2) is 11.1. The van der Waals surface area contributed by atoms with Crippen LogP contribution in [0.15, 0.2) is 48.5 Å². The molecule has 0 radical (unpaired) electrons. The minimum atomic E-state index is -0.672. The van der Waals surface area contributed by atoms with E-state index in [1.807, 2.05) is 19.9 Å². The third kappa shape index (κ3) is 5.65. The first-order chi connectivity index (χ1) is 17.7. The molecule has 0 saturated carbocycles. The molecule has 0 spiro atoms. The van der Waals surface area contributed by atoms with Crippen molar-refractivity contribution in [2.75, 3.05) is 25.0 Å². The van der Waals surface area contributed by atoms with Crippen LogP contribution in [0.3, 0.4) is 0 Å². The summed E-state index contributed by atoms with van der Waals surface area (Å²) in [5.74, 6) is -0.772. The van der Waals surface area contributed by atoms with Crippen molar-refractivity contribution in [3.8, 4) is 0 Å². The normalized spacial score (nSPS) is 20.5. The molecule has 2 heterocycles. The Balaban J connectivity index is 1.57. The second-order valence-electron chi connectivity index (χ2n) is 9.78. The maximum atomic E-state index is 13.7. The lowest BCUT2D eigenvalue weighted by Gasteiger charge is -2.53. The van der Waals surface area contributed by atoms with Crippen LogP contribution in [0.25, 0.3) is 0 Å². The van der Waals surface area contributed by atoms with Crippen molar-refractivity contribution in [3.05, 3.63) is 65.5 Å². The first kappa shape index (κ1) is 26.3. The topological polar surface area (TPSA) is 90.0 Å². The zero-order valence-corrected chi connectivity index (χ0v) is 21.4. The summed E-state index contributed by atoms with van der Waals surface area (Å²) in [6.07, 6.45) is 0.684. The van der Waals surface area contributed by atoms with Gasteiger partial charge in [0.1, 0.15) is 18.0 Å². The summed E-state index contributed by atoms with van der Waals surface area (Å²) in [6, 6.07) is 11.9. The van der Waals surface area contributed by atoms with Gasteiger partial charge in [0.05, 0.1) is 6.54 Å². The van der Waals surface area contributed by atoms with Crippen LogP contribution < -0.4 is 5.32 Å². The Labute approximate surface area is 216 Å². The van der Waals surface area contributed by atoms with Crippen LogP contribution in [0.1, 0.15) is 49.5 Å². The predicted octanol–water partition coefficient (Wildman–Crippen LogP) is 3.92. The highest BCUT2D eigenvalue weighted by molar-refractivity contribution is 5.96. The van der Waals surface area contributed by atoms with Crippen molar-refractivity contribution in [2.45, 2.75) is 52.2 Å². The predicted molar refractivity (Wildman–Crippen MR) is 137 cm³/mol. The average Bonchev–Trinajstić information content (AvgIpc) is 2.88. The average molecular weight is 509 g/mol. The van der Waals surface area contributed by atoms with Crippen molar-refractivity contribution in [2.24, 2.45) is 5.92 Å². The van der Waals surface area contributed by atoms with Crippen molar-refractivity contribution < 1.29 is 23.6 Å². The summed E-state index contributed by atoms with van der Waals surface area (Å²) < 4.78 is 13.7. The number of benzene rings is 2. The molecule has 2 saturated heterocycles. The number of fused-ring (bicyclic) bond motifs is 1. The van der Waals surface area contributed by atoms with Crippen LogP contribution in [-0.4, -0.2) is 70.2 Å². The van der Waals surface area contributed by atoms with Gasteiger partial charge in [0.2, 0.25) is 11.8 Å². The van der Waals surface area contributed by atoms with Gasteiger partial charge in [-0.3, -0.25) is 14.4 Å². The molecule has 0 bridgehead atoms. The summed E-state index contributed by atoms with van der Waals surface area (Å²) in [6.45, 7) is 6.17. The molecule has 0 aromatic heterocycles. The van der Waals surface area contributed by atoms with Crippen LogP contribution in [0, 0.1) is 11.7 Å². The fourth-order valence-corrected chi connectivity index (χ4v) is 5.05. The largest absolute Gasteiger partial charge is 0.337 e. The quantitative estimate of drug-likeness (QED) is 0.574. The molecule has 2 aromatic carbocycles. The van der Waals surface area contributed by atoms with Gasteiger partial charge < -0.3 is 20.0 Å². The highest BCUT2D eigenvalue weighted by atomic mass is 19.1. The number of piperazine rings is 1. The molecule has 3 atom stereocenters. The molecule has 2 aliphatic heterocycles. The molecule has 2 aliphatic rings. The van der Waals surface area contributed by atoms with Gasteiger partial charge in [0, 0.05) is 30.8 Å². The van der Waals surface area contributed by atoms with E-state index in [1.165, 1.54) is 19.1 Å². The van der Waals surface area contributed by atoms with Gasteiger partial charge in [-0.25, -0.2) is 9.18 Å². The van der Waals surface area contributed by atoms with Gasteiger partial charge in [-0.15, -0.1) is 0 Å². The molecule has 4 rings (SSSR count). The van der Waals surface area contributed by atoms with Gasteiger partial charge >= 0.3 is 6.03 Å². The molecular weight excluding hydrogens is 475 g/mol. The lowest BCUT2D eigenvalue weighted by molar-refractivity contribution is -0.169. The fourth-order valence-electron chi connectivity index (χ4n) is 5.05. The number of ketones is 1. The van der Waals surface area contributed by atoms with Gasteiger partial charge in [-0.2, -0.15) is 0 Å². The zero-order chi connectivity index (χ0) is 26.7. The maximum absolute atomic E-state index is 13.7. The van der Waals surface area contributed by atoms with Crippen molar-refractivity contribution in [3.63, 3.8) is 0 Å². The molecule has 196 valence electrons. The molecular formula is C28H33FN4O4. The summed E-state index contributed by atoms with van der Waals surface area (Å²) in [4.78, 5) is 56.5. The Morgan fingerprint density at radius 1 is 1.14 bits per heavy atom. The zero-order valence-electron chi connectivity index (χ0n) is 21.4. The molecule has 0 aliphatic carbocycles. The van der Waals surface area contributed by atoms with Crippen LogP contribution in [-0.2, 0) is 16.0 Å². The molecule has 2 fully saturated rings. The standard InChI is InChI=1S/C28H33FN4O4/c1-4-18(2)26-27(36)31(14-12-20-6-5-7-22(29)16-20)17-24-32(15-13-25(35)33(24)26)28(37)30-23-10-8-21(9-11-23)19(3)34/h5-11,16,18,24,26H,4,12-15,17H2,1-3H3,(H,30,37)/t18-,24+,26-/m0/s1. The summed E-state index contributed by atoms with van der Waals surface area (Å²) >= 11 is 0. The van der Waals surface area contributed by atoms with Gasteiger partial charge in [0.25, 0.3) is 0 Å². The third-order valence-electron chi connectivity index (χ3n) is 7.33. The number of rotatable bonds is 7. The second-order valence-corrected chi connectivity index (χ2v) is 9.78. The number of hydrogen-bond donors (Lipinski definition) is 1. The molecule has 4 amide bonds. The summed E-state index contributed by atoms with van der Waals surface area (Å²) in [5.41, 5.74) is 1.86. The minimum absolute atomic E-state index is 0.0654. The Hall–Kier alpha value is -3.75. The number of carbonyl (C=O) groups is 4. The van der Waals surface area contributed by atoms with Gasteiger partial charge in [-0.05, 0) is 61.2 Å². The van der Waals surface area contributed by atoms with Crippen molar-refractivity contribution in [1.82, 2.24) is 14.7 Å². The minimum Gasteiger partial charge on any atom is -0.337 e. The summed E-state index contributed by atoms with van der Waals surface area (Å²) in [7, 11) is 0. The van der Waals surface area contributed by atoms with Gasteiger partial charge in [-0.1, -0.05) is 32.4 Å². The smallest absolute Gasteiger partial charge is 0.323 e. The van der Waals surface area contributed by atoms with Crippen LogP contribution in [0.4, 0.5) is 14.9 Å². The lowest BCUT2D eigenvalue weighted by Crippen LogP contribution is -2.72. The van der Waals surface area contributed by atoms with E-state index in [2.05, 4.69) is 5.32 Å². The van der Waals surface area contributed by atoms with E-state index in [9.17, 15) is 23.6 Å². The Morgan fingerprint density at radius 3 is 2.51 bits per heavy atom. The van der Waals surface area contributed by atoms with E-state index >= 15 is 0 Å². The molecule has 0 unspecified atom stereocenters.